The molecule has 0 saturated carbocycles. The zero-order chi connectivity index (χ0) is 35.1. The Balaban J connectivity index is 1.39. The van der Waals surface area contributed by atoms with Gasteiger partial charge in [-0.05, 0) is 122 Å². The van der Waals surface area contributed by atoms with Crippen molar-refractivity contribution in [2.75, 3.05) is 33.5 Å². The number of carbonyl (C=O) groups is 3. The first-order valence-corrected chi connectivity index (χ1v) is 16.9. The average molecular weight is 686 g/mol. The third-order valence-electron chi connectivity index (χ3n) is 6.83. The number of methoxy groups -OCH3 is 1. The Labute approximate surface area is 292 Å². The Morgan fingerprint density at radius 1 is 0.694 bits per heavy atom. The quantitative estimate of drug-likeness (QED) is 0.0339. The van der Waals surface area contributed by atoms with E-state index in [1.54, 1.807) is 25.5 Å². The molecule has 9 nitrogen and oxygen atoms in total. The van der Waals surface area contributed by atoms with Crippen LogP contribution < -0.4 is 14.2 Å². The fourth-order valence-electron chi connectivity index (χ4n) is 4.22. The monoisotopic (exact) mass is 685 g/mol. The molecule has 0 unspecified atom stereocenters. The van der Waals surface area contributed by atoms with Crippen LogP contribution in [-0.4, -0.2) is 56.8 Å². The van der Waals surface area contributed by atoms with Gasteiger partial charge in [-0.25, -0.2) is 9.59 Å². The number of nitrogens with zero attached hydrogens (tertiary/aromatic N) is 1. The normalized spacial score (nSPS) is 10.9. The lowest BCUT2D eigenvalue weighted by atomic mass is 10.2. The second kappa shape index (κ2) is 22.5. The number of thioether (sulfide) groups is 1. The standard InChI is InChI=1S/C39H43NO8S/c1-4-37(41)47-26-10-6-8-24-45-32-17-12-30(13-18-32)16-23-39(43)49-34-21-22-35(36(28-34)44-3)40-29-31-14-19-33(20-15-31)46-25-9-7-11-27-48-38(42)5-2/h4-5,12-23,28-29H,1-2,6-11,24-27H2,3H3. The summed E-state index contributed by atoms with van der Waals surface area (Å²) in [4.78, 5) is 40.0. The Hall–Kier alpha value is -5.09. The molecule has 0 heterocycles. The fraction of sp³-hybridized carbons (Fsp3) is 0.282. The van der Waals surface area contributed by atoms with Crippen LogP contribution >= 0.6 is 11.8 Å². The van der Waals surface area contributed by atoms with E-state index >= 15 is 0 Å². The number of aliphatic imine (C=N–C) groups is 1. The molecule has 0 bridgehead atoms. The summed E-state index contributed by atoms with van der Waals surface area (Å²) in [6.45, 7) is 8.65. The van der Waals surface area contributed by atoms with Crippen LogP contribution in [-0.2, 0) is 23.9 Å². The molecule has 0 aliphatic heterocycles. The Morgan fingerprint density at radius 3 is 1.76 bits per heavy atom. The molecule has 0 spiro atoms. The second-order valence-corrected chi connectivity index (χ2v) is 11.6. The molecule has 0 amide bonds. The molecule has 0 N–H and O–H groups in total. The molecule has 0 radical (unpaired) electrons. The summed E-state index contributed by atoms with van der Waals surface area (Å²) in [6, 6.07) is 20.6. The molecule has 0 aliphatic carbocycles. The maximum absolute atomic E-state index is 12.7. The predicted octanol–water partition coefficient (Wildman–Crippen LogP) is 8.33. The van der Waals surface area contributed by atoms with Crippen LogP contribution in [0.25, 0.3) is 6.08 Å². The molecule has 10 heteroatoms. The minimum Gasteiger partial charge on any atom is -0.494 e. The highest BCUT2D eigenvalue weighted by Crippen LogP contribution is 2.33. The molecule has 3 aromatic rings. The highest BCUT2D eigenvalue weighted by Gasteiger charge is 2.07. The first-order valence-electron chi connectivity index (χ1n) is 16.1. The Kier molecular flexibility index (Phi) is 17.6. The van der Waals surface area contributed by atoms with Crippen molar-refractivity contribution in [1.82, 2.24) is 0 Å². The second-order valence-electron chi connectivity index (χ2n) is 10.5. The van der Waals surface area contributed by atoms with Crippen LogP contribution in [0.2, 0.25) is 0 Å². The number of hydrogen-bond donors (Lipinski definition) is 0. The fourth-order valence-corrected chi connectivity index (χ4v) is 4.89. The zero-order valence-corrected chi connectivity index (χ0v) is 28.7. The van der Waals surface area contributed by atoms with Crippen molar-refractivity contribution in [2.45, 2.75) is 43.4 Å². The van der Waals surface area contributed by atoms with Crippen molar-refractivity contribution in [1.29, 1.82) is 0 Å². The SMILES string of the molecule is C=CC(=O)OCCCCCOc1ccc(C=CC(=O)Sc2ccc(N=Cc3ccc(OCCCCCOC(=O)C=C)cc3)c(OC)c2)cc1. The summed E-state index contributed by atoms with van der Waals surface area (Å²) in [5.41, 5.74) is 2.43. The minimum absolute atomic E-state index is 0.117. The van der Waals surface area contributed by atoms with Gasteiger partial charge in [0, 0.05) is 23.3 Å². The van der Waals surface area contributed by atoms with Crippen molar-refractivity contribution in [3.63, 3.8) is 0 Å². The van der Waals surface area contributed by atoms with Gasteiger partial charge in [-0.3, -0.25) is 9.79 Å². The minimum atomic E-state index is -0.402. The van der Waals surface area contributed by atoms with Crippen LogP contribution in [0.5, 0.6) is 17.2 Å². The van der Waals surface area contributed by atoms with E-state index in [2.05, 4.69) is 18.2 Å². The lowest BCUT2D eigenvalue weighted by Crippen LogP contribution is -2.03. The maximum atomic E-state index is 12.7. The van der Waals surface area contributed by atoms with Gasteiger partial charge in [0.2, 0.25) is 5.12 Å². The summed E-state index contributed by atoms with van der Waals surface area (Å²) in [7, 11) is 1.57. The molecule has 0 aliphatic rings. The van der Waals surface area contributed by atoms with Crippen LogP contribution in [0.15, 0.2) is 108 Å². The molecule has 0 saturated heterocycles. The smallest absolute Gasteiger partial charge is 0.330 e. The topological polar surface area (TPSA) is 110 Å². The van der Waals surface area contributed by atoms with Crippen molar-refractivity contribution < 1.29 is 38.1 Å². The van der Waals surface area contributed by atoms with Gasteiger partial charge < -0.3 is 23.7 Å². The van der Waals surface area contributed by atoms with Crippen molar-refractivity contribution in [3.8, 4) is 17.2 Å². The molecule has 0 aromatic heterocycles. The molecule has 0 atom stereocenters. The van der Waals surface area contributed by atoms with E-state index in [9.17, 15) is 14.4 Å². The van der Waals surface area contributed by atoms with E-state index in [1.165, 1.54) is 6.08 Å². The van der Waals surface area contributed by atoms with Gasteiger partial charge >= 0.3 is 11.9 Å². The number of benzene rings is 3. The molecule has 3 rings (SSSR count). The predicted molar refractivity (Wildman–Crippen MR) is 194 cm³/mol. The van der Waals surface area contributed by atoms with Crippen LogP contribution in [0, 0.1) is 0 Å². The third kappa shape index (κ3) is 15.6. The van der Waals surface area contributed by atoms with Gasteiger partial charge in [-0.2, -0.15) is 0 Å². The number of carbonyl (C=O) groups excluding carboxylic acids is 3. The summed E-state index contributed by atoms with van der Waals surface area (Å²) < 4.78 is 27.0. The summed E-state index contributed by atoms with van der Waals surface area (Å²) >= 11 is 1.10. The highest BCUT2D eigenvalue weighted by atomic mass is 32.2. The number of hydrogen-bond acceptors (Lipinski definition) is 10. The zero-order valence-electron chi connectivity index (χ0n) is 27.8. The first kappa shape index (κ1) is 38.4. The van der Waals surface area contributed by atoms with Gasteiger partial charge in [0.15, 0.2) is 0 Å². The largest absolute Gasteiger partial charge is 0.494 e. The summed E-state index contributed by atoms with van der Waals surface area (Å²) in [5.74, 6) is 1.28. The van der Waals surface area contributed by atoms with Gasteiger partial charge in [0.1, 0.15) is 22.9 Å². The van der Waals surface area contributed by atoms with Crippen molar-refractivity contribution >= 4 is 46.8 Å². The number of esters is 2. The third-order valence-corrected chi connectivity index (χ3v) is 7.66. The van der Waals surface area contributed by atoms with Crippen LogP contribution in [0.1, 0.15) is 49.7 Å². The van der Waals surface area contributed by atoms with E-state index in [1.807, 2.05) is 60.7 Å². The van der Waals surface area contributed by atoms with E-state index in [4.69, 9.17) is 23.7 Å². The van der Waals surface area contributed by atoms with E-state index in [0.717, 1.165) is 90.0 Å². The highest BCUT2D eigenvalue weighted by molar-refractivity contribution is 8.14. The number of unbranched alkanes of at least 4 members (excludes halogenated alkanes) is 4. The van der Waals surface area contributed by atoms with Crippen molar-refractivity contribution in [3.05, 3.63) is 109 Å². The van der Waals surface area contributed by atoms with Crippen molar-refractivity contribution in [2.24, 2.45) is 4.99 Å². The molecule has 3 aromatic carbocycles. The number of rotatable bonds is 22. The van der Waals surface area contributed by atoms with Crippen LogP contribution in [0.3, 0.4) is 0 Å². The summed E-state index contributed by atoms with van der Waals surface area (Å²) in [6.07, 6.45) is 12.4. The van der Waals surface area contributed by atoms with E-state index < -0.39 is 11.9 Å². The Morgan fingerprint density at radius 2 is 1.22 bits per heavy atom. The van der Waals surface area contributed by atoms with E-state index in [0.29, 0.717) is 37.9 Å². The van der Waals surface area contributed by atoms with Gasteiger partial charge in [-0.15, -0.1) is 0 Å². The molecule has 49 heavy (non-hydrogen) atoms. The molecular formula is C39H43NO8S. The summed E-state index contributed by atoms with van der Waals surface area (Å²) in [5, 5.41) is -0.117. The van der Waals surface area contributed by atoms with Crippen LogP contribution in [0.4, 0.5) is 5.69 Å². The first-order chi connectivity index (χ1) is 23.9. The molecular weight excluding hydrogens is 642 g/mol. The van der Waals surface area contributed by atoms with Gasteiger partial charge in [0.05, 0.1) is 33.5 Å². The lowest BCUT2D eigenvalue weighted by Gasteiger charge is -2.07. The molecule has 0 fully saturated rings. The maximum Gasteiger partial charge on any atom is 0.330 e. The average Bonchev–Trinajstić information content (AvgIpc) is 3.13. The van der Waals surface area contributed by atoms with Gasteiger partial charge in [0.25, 0.3) is 0 Å². The number of ether oxygens (including phenoxy) is 5. The van der Waals surface area contributed by atoms with E-state index in [-0.39, 0.29) is 5.12 Å². The molecule has 258 valence electrons. The van der Waals surface area contributed by atoms with Gasteiger partial charge in [-0.1, -0.05) is 31.4 Å². The lowest BCUT2D eigenvalue weighted by molar-refractivity contribution is -0.138. The Bertz CT molecular complexity index is 1560.